The molecule has 0 bridgehead atoms. The van der Waals surface area contributed by atoms with E-state index in [9.17, 15) is 0 Å². The van der Waals surface area contributed by atoms with Gasteiger partial charge >= 0.3 is 0 Å². The molecule has 3 heteroatoms. The van der Waals surface area contributed by atoms with Gasteiger partial charge in [-0.2, -0.15) is 0 Å². The van der Waals surface area contributed by atoms with Gasteiger partial charge in [-0.25, -0.2) is 0 Å². The number of fused-ring (bicyclic) bond motifs is 1. The molecule has 3 nitrogen and oxygen atoms in total. The summed E-state index contributed by atoms with van der Waals surface area (Å²) in [5.41, 5.74) is 4.08. The fourth-order valence-electron chi connectivity index (χ4n) is 3.97. The van der Waals surface area contributed by atoms with Crippen molar-refractivity contribution in [3.05, 3.63) is 23.8 Å². The first-order chi connectivity index (χ1) is 10.1. The highest BCUT2D eigenvalue weighted by molar-refractivity contribution is 5.63. The minimum atomic E-state index is 0.608. The molecule has 0 spiro atoms. The molecule has 2 atom stereocenters. The van der Waals surface area contributed by atoms with E-state index in [4.69, 9.17) is 0 Å². The fourth-order valence-corrected chi connectivity index (χ4v) is 3.97. The molecule has 2 aliphatic heterocycles. The van der Waals surface area contributed by atoms with Gasteiger partial charge in [-0.1, -0.05) is 12.5 Å². The molecule has 2 heterocycles. The average molecular weight is 287 g/mol. The molecule has 0 radical (unpaired) electrons. The third-order valence-corrected chi connectivity index (χ3v) is 5.19. The molecule has 0 N–H and O–H groups in total. The van der Waals surface area contributed by atoms with Gasteiger partial charge in [0.05, 0.1) is 0 Å². The number of piperidine rings is 1. The van der Waals surface area contributed by atoms with E-state index in [0.717, 1.165) is 6.04 Å². The van der Waals surface area contributed by atoms with Crippen LogP contribution in [0.4, 0.5) is 11.4 Å². The topological polar surface area (TPSA) is 9.72 Å². The minimum Gasteiger partial charge on any atom is -0.377 e. The molecule has 1 aromatic rings. The van der Waals surface area contributed by atoms with Crippen LogP contribution in [-0.2, 0) is 0 Å². The number of hydrogen-bond acceptors (Lipinski definition) is 3. The quantitative estimate of drug-likeness (QED) is 0.827. The lowest BCUT2D eigenvalue weighted by Gasteiger charge is -2.48. The predicted molar refractivity (Wildman–Crippen MR) is 91.5 cm³/mol. The maximum atomic E-state index is 2.71. The van der Waals surface area contributed by atoms with Gasteiger partial charge in [0.25, 0.3) is 0 Å². The number of benzene rings is 1. The molecule has 21 heavy (non-hydrogen) atoms. The van der Waals surface area contributed by atoms with Crippen LogP contribution >= 0.6 is 0 Å². The van der Waals surface area contributed by atoms with E-state index in [1.807, 2.05) is 0 Å². The maximum Gasteiger partial charge on any atom is 0.0411 e. The molecule has 0 amide bonds. The summed E-state index contributed by atoms with van der Waals surface area (Å²) in [4.78, 5) is 7.56. The van der Waals surface area contributed by atoms with Crippen LogP contribution in [0.25, 0.3) is 0 Å². The molecular formula is C18H29N3. The Morgan fingerprint density at radius 1 is 1.14 bits per heavy atom. The highest BCUT2D eigenvalue weighted by Gasteiger charge is 2.33. The van der Waals surface area contributed by atoms with Crippen LogP contribution in [0.15, 0.2) is 18.2 Å². The molecule has 0 saturated carbocycles. The summed E-state index contributed by atoms with van der Waals surface area (Å²) in [6.45, 7) is 8.29. The summed E-state index contributed by atoms with van der Waals surface area (Å²) in [6.07, 6.45) is 4.16. The highest BCUT2D eigenvalue weighted by Crippen LogP contribution is 2.31. The molecule has 2 unspecified atom stereocenters. The Bertz CT molecular complexity index is 497. The van der Waals surface area contributed by atoms with Crippen molar-refractivity contribution in [3.8, 4) is 0 Å². The standard InChI is InChI=1S/C18H29N3/c1-14-8-9-16(11-18(14)19(3)4)21-13-17-7-5-6-10-20(17)12-15(21)2/h8-9,11,15,17H,5-7,10,12-13H2,1-4H3. The predicted octanol–water partition coefficient (Wildman–Crippen LogP) is 3.12. The monoisotopic (exact) mass is 287 g/mol. The second-order valence-corrected chi connectivity index (χ2v) is 7.01. The Labute approximate surface area is 129 Å². The van der Waals surface area contributed by atoms with E-state index < -0.39 is 0 Å². The fraction of sp³-hybridized carbons (Fsp3) is 0.667. The van der Waals surface area contributed by atoms with Crippen molar-refractivity contribution < 1.29 is 0 Å². The van der Waals surface area contributed by atoms with Gasteiger partial charge in [-0.05, 0) is 50.9 Å². The molecule has 3 rings (SSSR count). The van der Waals surface area contributed by atoms with Gasteiger partial charge in [0.2, 0.25) is 0 Å². The molecule has 0 aliphatic carbocycles. The lowest BCUT2D eigenvalue weighted by atomic mass is 9.96. The average Bonchev–Trinajstić information content (AvgIpc) is 2.47. The zero-order valence-electron chi connectivity index (χ0n) is 14.0. The minimum absolute atomic E-state index is 0.608. The Morgan fingerprint density at radius 2 is 1.95 bits per heavy atom. The van der Waals surface area contributed by atoms with Gasteiger partial charge in [-0.3, -0.25) is 4.90 Å². The smallest absolute Gasteiger partial charge is 0.0411 e. The van der Waals surface area contributed by atoms with Crippen LogP contribution in [-0.4, -0.2) is 50.7 Å². The number of nitrogens with zero attached hydrogens (tertiary/aromatic N) is 3. The van der Waals surface area contributed by atoms with Gasteiger partial charge in [0.15, 0.2) is 0 Å². The van der Waals surface area contributed by atoms with E-state index in [1.165, 1.54) is 55.8 Å². The lowest BCUT2D eigenvalue weighted by molar-refractivity contribution is 0.115. The Hall–Kier alpha value is -1.22. The van der Waals surface area contributed by atoms with Crippen molar-refractivity contribution in [2.45, 2.75) is 45.2 Å². The molecule has 0 aromatic heterocycles. The van der Waals surface area contributed by atoms with Gasteiger partial charge < -0.3 is 9.80 Å². The van der Waals surface area contributed by atoms with Gasteiger partial charge in [0, 0.05) is 50.6 Å². The summed E-state index contributed by atoms with van der Waals surface area (Å²) in [7, 11) is 4.27. The molecular weight excluding hydrogens is 258 g/mol. The van der Waals surface area contributed by atoms with E-state index in [1.54, 1.807) is 0 Å². The first-order valence-corrected chi connectivity index (χ1v) is 8.35. The Kier molecular flexibility index (Phi) is 4.12. The summed E-state index contributed by atoms with van der Waals surface area (Å²) in [5, 5.41) is 0. The van der Waals surface area contributed by atoms with Crippen molar-refractivity contribution in [1.29, 1.82) is 0 Å². The normalized spacial score (nSPS) is 26.6. The van der Waals surface area contributed by atoms with Crippen LogP contribution in [0, 0.1) is 6.92 Å². The molecule has 116 valence electrons. The zero-order valence-corrected chi connectivity index (χ0v) is 14.0. The van der Waals surface area contributed by atoms with Gasteiger partial charge in [0.1, 0.15) is 0 Å². The Balaban J connectivity index is 1.84. The molecule has 2 saturated heterocycles. The second kappa shape index (κ2) is 5.88. The number of rotatable bonds is 2. The van der Waals surface area contributed by atoms with Crippen LogP contribution in [0.2, 0.25) is 0 Å². The van der Waals surface area contributed by atoms with E-state index in [-0.39, 0.29) is 0 Å². The SMILES string of the molecule is Cc1ccc(N2CC3CCCCN3CC2C)cc1N(C)C. The van der Waals surface area contributed by atoms with Crippen molar-refractivity contribution >= 4 is 11.4 Å². The van der Waals surface area contributed by atoms with Crippen molar-refractivity contribution in [3.63, 3.8) is 0 Å². The van der Waals surface area contributed by atoms with Crippen LogP contribution in [0.5, 0.6) is 0 Å². The van der Waals surface area contributed by atoms with E-state index in [2.05, 4.69) is 60.8 Å². The molecule has 2 aliphatic rings. The van der Waals surface area contributed by atoms with Crippen LogP contribution < -0.4 is 9.80 Å². The van der Waals surface area contributed by atoms with Crippen molar-refractivity contribution in [2.24, 2.45) is 0 Å². The zero-order chi connectivity index (χ0) is 15.0. The first kappa shape index (κ1) is 14.7. The Morgan fingerprint density at radius 3 is 2.71 bits per heavy atom. The molecule has 1 aromatic carbocycles. The summed E-state index contributed by atoms with van der Waals surface area (Å²) in [5.74, 6) is 0. The number of aryl methyl sites for hydroxylation is 1. The first-order valence-electron chi connectivity index (χ1n) is 8.35. The highest BCUT2D eigenvalue weighted by atomic mass is 15.3. The molecule has 2 fully saturated rings. The van der Waals surface area contributed by atoms with E-state index >= 15 is 0 Å². The summed E-state index contributed by atoms with van der Waals surface area (Å²) in [6, 6.07) is 8.31. The van der Waals surface area contributed by atoms with Crippen molar-refractivity contribution in [1.82, 2.24) is 4.90 Å². The maximum absolute atomic E-state index is 2.71. The largest absolute Gasteiger partial charge is 0.377 e. The summed E-state index contributed by atoms with van der Waals surface area (Å²) >= 11 is 0. The third-order valence-electron chi connectivity index (χ3n) is 5.19. The number of piperazine rings is 1. The van der Waals surface area contributed by atoms with Crippen molar-refractivity contribution in [2.75, 3.05) is 43.5 Å². The summed E-state index contributed by atoms with van der Waals surface area (Å²) < 4.78 is 0. The third kappa shape index (κ3) is 2.89. The van der Waals surface area contributed by atoms with Gasteiger partial charge in [-0.15, -0.1) is 0 Å². The number of hydrogen-bond donors (Lipinski definition) is 0. The van der Waals surface area contributed by atoms with Crippen LogP contribution in [0.1, 0.15) is 31.7 Å². The van der Waals surface area contributed by atoms with Crippen LogP contribution in [0.3, 0.4) is 0 Å². The lowest BCUT2D eigenvalue weighted by Crippen LogP contribution is -2.58. The van der Waals surface area contributed by atoms with E-state index in [0.29, 0.717) is 6.04 Å². The second-order valence-electron chi connectivity index (χ2n) is 7.01. The number of anilines is 2.